The smallest absolute Gasteiger partial charge is 0.231 e. The quantitative estimate of drug-likeness (QED) is 0.521. The minimum atomic E-state index is 0.180. The topological polar surface area (TPSA) is 49.0 Å². The van der Waals surface area contributed by atoms with Gasteiger partial charge in [0.2, 0.25) is 6.79 Å². The van der Waals surface area contributed by atoms with E-state index in [4.69, 9.17) is 18.9 Å². The van der Waals surface area contributed by atoms with Crippen molar-refractivity contribution in [2.75, 3.05) is 27.6 Å². The molecule has 30 heavy (non-hydrogen) atoms. The second kappa shape index (κ2) is 9.55. The molecule has 1 atom stereocenters. The van der Waals surface area contributed by atoms with E-state index in [0.29, 0.717) is 0 Å². The molecule has 1 N–H and O–H groups in total. The van der Waals surface area contributed by atoms with Gasteiger partial charge in [-0.05, 0) is 54.4 Å². The lowest BCUT2D eigenvalue weighted by atomic mass is 9.87. The van der Waals surface area contributed by atoms with Crippen molar-refractivity contribution in [3.05, 3.63) is 83.4 Å². The van der Waals surface area contributed by atoms with Crippen molar-refractivity contribution in [1.29, 1.82) is 0 Å². The predicted molar refractivity (Wildman–Crippen MR) is 117 cm³/mol. The highest BCUT2D eigenvalue weighted by Gasteiger charge is 2.21. The van der Waals surface area contributed by atoms with E-state index in [1.54, 1.807) is 14.2 Å². The summed E-state index contributed by atoms with van der Waals surface area (Å²) in [7, 11) is 3.40. The van der Waals surface area contributed by atoms with E-state index in [1.807, 2.05) is 30.3 Å². The summed E-state index contributed by atoms with van der Waals surface area (Å²) in [4.78, 5) is 0. The lowest BCUT2D eigenvalue weighted by Crippen LogP contribution is -2.18. The fraction of sp³-hybridized carbons (Fsp3) is 0.280. The van der Waals surface area contributed by atoms with Crippen LogP contribution in [0.2, 0.25) is 0 Å². The molecule has 4 rings (SSSR count). The Kier molecular flexibility index (Phi) is 6.40. The second-order valence-electron chi connectivity index (χ2n) is 7.22. The lowest BCUT2D eigenvalue weighted by Gasteiger charge is -2.21. The van der Waals surface area contributed by atoms with E-state index in [-0.39, 0.29) is 12.7 Å². The number of rotatable bonds is 9. The summed E-state index contributed by atoms with van der Waals surface area (Å²) in [6, 6.07) is 22.5. The van der Waals surface area contributed by atoms with Crippen molar-refractivity contribution in [1.82, 2.24) is 5.32 Å². The Morgan fingerprint density at radius 2 is 1.70 bits per heavy atom. The van der Waals surface area contributed by atoms with E-state index >= 15 is 0 Å². The van der Waals surface area contributed by atoms with E-state index in [2.05, 4.69) is 41.7 Å². The van der Waals surface area contributed by atoms with Crippen LogP contribution in [0.1, 0.15) is 29.0 Å². The van der Waals surface area contributed by atoms with Crippen LogP contribution in [0, 0.1) is 0 Å². The number of hydrogen-bond acceptors (Lipinski definition) is 5. The summed E-state index contributed by atoms with van der Waals surface area (Å²) in [6.45, 7) is 1.95. The first-order chi connectivity index (χ1) is 14.8. The van der Waals surface area contributed by atoms with Gasteiger partial charge in [0.15, 0.2) is 11.5 Å². The van der Waals surface area contributed by atoms with Crippen molar-refractivity contribution in [2.45, 2.75) is 18.9 Å². The molecule has 0 spiro atoms. The summed E-state index contributed by atoms with van der Waals surface area (Å²) < 4.78 is 22.0. The van der Waals surface area contributed by atoms with Crippen LogP contribution in [-0.4, -0.2) is 27.6 Å². The van der Waals surface area contributed by atoms with Crippen LogP contribution >= 0.6 is 0 Å². The molecule has 0 bridgehead atoms. The summed E-state index contributed by atoms with van der Waals surface area (Å²) in [5.41, 5.74) is 3.59. The molecule has 3 aromatic carbocycles. The Labute approximate surface area is 177 Å². The van der Waals surface area contributed by atoms with E-state index in [1.165, 1.54) is 16.7 Å². The number of ether oxygens (including phenoxy) is 4. The van der Waals surface area contributed by atoms with Crippen LogP contribution < -0.4 is 24.3 Å². The summed E-state index contributed by atoms with van der Waals surface area (Å²) >= 11 is 0. The van der Waals surface area contributed by atoms with Crippen LogP contribution in [0.4, 0.5) is 0 Å². The first-order valence-corrected chi connectivity index (χ1v) is 10.1. The first kappa shape index (κ1) is 20.1. The average molecular weight is 405 g/mol. The molecule has 3 aromatic rings. The largest absolute Gasteiger partial charge is 0.497 e. The zero-order valence-electron chi connectivity index (χ0n) is 17.4. The highest BCUT2D eigenvalue weighted by molar-refractivity contribution is 5.49. The van der Waals surface area contributed by atoms with Crippen molar-refractivity contribution >= 4 is 0 Å². The molecule has 1 heterocycles. The number of fused-ring (bicyclic) bond motifs is 1. The van der Waals surface area contributed by atoms with E-state index in [0.717, 1.165) is 42.5 Å². The molecule has 1 aliphatic rings. The van der Waals surface area contributed by atoms with Gasteiger partial charge in [0.05, 0.1) is 14.2 Å². The molecule has 0 amide bonds. The minimum Gasteiger partial charge on any atom is -0.497 e. The van der Waals surface area contributed by atoms with E-state index in [9.17, 15) is 0 Å². The normalized spacial score (nSPS) is 13.1. The standard InChI is InChI=1S/C25H27NO4/c1-27-20-10-7-18(8-11-20)16-26-14-13-21(22-5-3-4-6-23(22)28-2)19-9-12-24-25(15-19)30-17-29-24/h3-12,15,21,26H,13-14,16-17H2,1-2H3/t21-/m0/s1. The number of hydrogen-bond donors (Lipinski definition) is 1. The Balaban J connectivity index is 1.49. The fourth-order valence-electron chi connectivity index (χ4n) is 3.81. The third-order valence-electron chi connectivity index (χ3n) is 5.41. The highest BCUT2D eigenvalue weighted by atomic mass is 16.7. The zero-order valence-corrected chi connectivity index (χ0v) is 17.4. The van der Waals surface area contributed by atoms with Crippen molar-refractivity contribution < 1.29 is 18.9 Å². The summed E-state index contributed by atoms with van der Waals surface area (Å²) in [5, 5.41) is 3.56. The van der Waals surface area contributed by atoms with Gasteiger partial charge in [0, 0.05) is 18.0 Å². The van der Waals surface area contributed by atoms with E-state index < -0.39 is 0 Å². The van der Waals surface area contributed by atoms with Crippen molar-refractivity contribution in [3.8, 4) is 23.0 Å². The maximum absolute atomic E-state index is 5.65. The minimum absolute atomic E-state index is 0.180. The van der Waals surface area contributed by atoms with Crippen LogP contribution in [0.25, 0.3) is 0 Å². The third-order valence-corrected chi connectivity index (χ3v) is 5.41. The lowest BCUT2D eigenvalue weighted by molar-refractivity contribution is 0.174. The molecule has 1 aliphatic heterocycles. The predicted octanol–water partition coefficient (Wildman–Crippen LogP) is 4.74. The van der Waals surface area contributed by atoms with Crippen LogP contribution in [0.5, 0.6) is 23.0 Å². The van der Waals surface area contributed by atoms with Gasteiger partial charge < -0.3 is 24.3 Å². The molecule has 156 valence electrons. The summed E-state index contributed by atoms with van der Waals surface area (Å²) in [5.74, 6) is 3.56. The third kappa shape index (κ3) is 4.52. The molecule has 0 aromatic heterocycles. The average Bonchev–Trinajstić information content (AvgIpc) is 3.27. The Morgan fingerprint density at radius 1 is 0.900 bits per heavy atom. The molecule has 0 fully saturated rings. The summed E-state index contributed by atoms with van der Waals surface area (Å²) in [6.07, 6.45) is 0.927. The fourth-order valence-corrected chi connectivity index (χ4v) is 3.81. The van der Waals surface area contributed by atoms with Gasteiger partial charge in [-0.1, -0.05) is 36.4 Å². The number of benzene rings is 3. The van der Waals surface area contributed by atoms with Crippen molar-refractivity contribution in [2.24, 2.45) is 0 Å². The molecule has 0 unspecified atom stereocenters. The highest BCUT2D eigenvalue weighted by Crippen LogP contribution is 2.39. The second-order valence-corrected chi connectivity index (χ2v) is 7.22. The monoisotopic (exact) mass is 405 g/mol. The molecule has 0 saturated carbocycles. The van der Waals surface area contributed by atoms with Gasteiger partial charge in [0.1, 0.15) is 11.5 Å². The van der Waals surface area contributed by atoms with Crippen LogP contribution in [0.15, 0.2) is 66.7 Å². The van der Waals surface area contributed by atoms with Gasteiger partial charge in [-0.2, -0.15) is 0 Å². The molecule has 5 heteroatoms. The van der Waals surface area contributed by atoms with Gasteiger partial charge >= 0.3 is 0 Å². The van der Waals surface area contributed by atoms with Gasteiger partial charge in [-0.15, -0.1) is 0 Å². The van der Waals surface area contributed by atoms with Gasteiger partial charge in [0.25, 0.3) is 0 Å². The number of nitrogens with one attached hydrogen (secondary N) is 1. The van der Waals surface area contributed by atoms with Crippen LogP contribution in [0.3, 0.4) is 0 Å². The number of methoxy groups -OCH3 is 2. The maximum Gasteiger partial charge on any atom is 0.231 e. The van der Waals surface area contributed by atoms with Crippen LogP contribution in [-0.2, 0) is 6.54 Å². The maximum atomic E-state index is 5.65. The molecule has 0 radical (unpaired) electrons. The zero-order chi connectivity index (χ0) is 20.8. The molecule has 5 nitrogen and oxygen atoms in total. The first-order valence-electron chi connectivity index (χ1n) is 10.1. The number of para-hydroxylation sites is 1. The molecule has 0 aliphatic carbocycles. The SMILES string of the molecule is COc1ccc(CNCC[C@@H](c2ccc3c(c2)OCO3)c2ccccc2OC)cc1. The molecular weight excluding hydrogens is 378 g/mol. The van der Waals surface area contributed by atoms with Crippen molar-refractivity contribution in [3.63, 3.8) is 0 Å². The Bertz CT molecular complexity index is 971. The Hall–Kier alpha value is -3.18. The molecular formula is C25H27NO4. The van der Waals surface area contributed by atoms with Gasteiger partial charge in [-0.3, -0.25) is 0 Å². The molecule has 0 saturated heterocycles. The Morgan fingerprint density at radius 3 is 2.50 bits per heavy atom. The van der Waals surface area contributed by atoms with Gasteiger partial charge in [-0.25, -0.2) is 0 Å².